The Balaban J connectivity index is 2.18. The minimum absolute atomic E-state index is 0.133. The van der Waals surface area contributed by atoms with Crippen LogP contribution in [0.25, 0.3) is 0 Å². The van der Waals surface area contributed by atoms with Gasteiger partial charge in [-0.05, 0) is 12.8 Å². The number of H-pyrrole nitrogens is 1. The van der Waals surface area contributed by atoms with E-state index in [4.69, 9.17) is 10.00 Å². The van der Waals surface area contributed by atoms with Crippen LogP contribution in [0.2, 0.25) is 0 Å². The first-order valence-electron chi connectivity index (χ1n) is 6.46. The maximum Gasteiger partial charge on any atom is 0.252 e. The lowest BCUT2D eigenvalue weighted by molar-refractivity contribution is 0.205. The molecule has 0 spiro atoms. The van der Waals surface area contributed by atoms with Crippen molar-refractivity contribution in [2.45, 2.75) is 25.2 Å². The number of methoxy groups -OCH3 is 1. The first-order valence-corrected chi connectivity index (χ1v) is 6.46. The zero-order chi connectivity index (χ0) is 13.7. The quantitative estimate of drug-likeness (QED) is 0.793. The highest BCUT2D eigenvalue weighted by Crippen LogP contribution is 2.37. The second kappa shape index (κ2) is 6.34. The SMILES string of the molecule is COCCN(CCC#N)c1cc(=O)[nH]c(C2CC2)n1. The summed E-state index contributed by atoms with van der Waals surface area (Å²) >= 11 is 0. The molecule has 0 radical (unpaired) electrons. The molecule has 1 aromatic rings. The smallest absolute Gasteiger partial charge is 0.252 e. The number of hydrogen-bond acceptors (Lipinski definition) is 5. The summed E-state index contributed by atoms with van der Waals surface area (Å²) < 4.78 is 5.06. The predicted octanol–water partition coefficient (Wildman–Crippen LogP) is 1.01. The molecular formula is C13H18N4O2. The predicted molar refractivity (Wildman–Crippen MR) is 71.2 cm³/mol. The molecule has 19 heavy (non-hydrogen) atoms. The van der Waals surface area contributed by atoms with Crippen molar-refractivity contribution in [1.29, 1.82) is 5.26 Å². The van der Waals surface area contributed by atoms with Crippen LogP contribution in [0.15, 0.2) is 10.9 Å². The largest absolute Gasteiger partial charge is 0.383 e. The van der Waals surface area contributed by atoms with Crippen LogP contribution < -0.4 is 10.5 Å². The van der Waals surface area contributed by atoms with Crippen LogP contribution >= 0.6 is 0 Å². The first-order chi connectivity index (χ1) is 9.24. The average Bonchev–Trinajstić information content (AvgIpc) is 3.22. The van der Waals surface area contributed by atoms with E-state index in [1.54, 1.807) is 7.11 Å². The van der Waals surface area contributed by atoms with Gasteiger partial charge in [0.1, 0.15) is 11.6 Å². The molecule has 6 nitrogen and oxygen atoms in total. The first kappa shape index (κ1) is 13.6. The number of anilines is 1. The van der Waals surface area contributed by atoms with E-state index in [9.17, 15) is 4.79 Å². The lowest BCUT2D eigenvalue weighted by Crippen LogP contribution is -2.30. The minimum Gasteiger partial charge on any atom is -0.383 e. The van der Waals surface area contributed by atoms with Crippen LogP contribution in [0.4, 0.5) is 5.82 Å². The van der Waals surface area contributed by atoms with E-state index in [1.165, 1.54) is 6.07 Å². The highest BCUT2D eigenvalue weighted by Gasteiger charge is 2.27. The molecule has 2 rings (SSSR count). The van der Waals surface area contributed by atoms with Gasteiger partial charge in [-0.3, -0.25) is 4.79 Å². The lowest BCUT2D eigenvalue weighted by Gasteiger charge is -2.22. The van der Waals surface area contributed by atoms with Crippen molar-refractivity contribution in [2.75, 3.05) is 31.7 Å². The molecule has 0 aliphatic heterocycles. The fourth-order valence-corrected chi connectivity index (χ4v) is 1.90. The van der Waals surface area contributed by atoms with E-state index >= 15 is 0 Å². The fourth-order valence-electron chi connectivity index (χ4n) is 1.90. The van der Waals surface area contributed by atoms with E-state index in [2.05, 4.69) is 16.0 Å². The van der Waals surface area contributed by atoms with Crippen LogP contribution in [0.5, 0.6) is 0 Å². The maximum absolute atomic E-state index is 11.7. The molecule has 1 saturated carbocycles. The Morgan fingerprint density at radius 3 is 3.00 bits per heavy atom. The zero-order valence-corrected chi connectivity index (χ0v) is 11.1. The molecule has 0 bridgehead atoms. The second-order valence-corrected chi connectivity index (χ2v) is 4.65. The van der Waals surface area contributed by atoms with E-state index in [1.807, 2.05) is 4.90 Å². The molecule has 0 unspecified atom stereocenters. The zero-order valence-electron chi connectivity index (χ0n) is 11.1. The Labute approximate surface area is 112 Å². The lowest BCUT2D eigenvalue weighted by atomic mass is 10.3. The third-order valence-electron chi connectivity index (χ3n) is 3.09. The van der Waals surface area contributed by atoms with Crippen LogP contribution in [0.3, 0.4) is 0 Å². The van der Waals surface area contributed by atoms with Gasteiger partial charge in [0.25, 0.3) is 5.56 Å². The number of rotatable bonds is 7. The monoisotopic (exact) mass is 262 g/mol. The van der Waals surface area contributed by atoms with Gasteiger partial charge in [-0.15, -0.1) is 0 Å². The number of ether oxygens (including phenoxy) is 1. The van der Waals surface area contributed by atoms with Gasteiger partial charge in [-0.1, -0.05) is 0 Å². The van der Waals surface area contributed by atoms with Crippen LogP contribution in [-0.4, -0.2) is 36.8 Å². The van der Waals surface area contributed by atoms with Crippen molar-refractivity contribution in [3.8, 4) is 6.07 Å². The second-order valence-electron chi connectivity index (χ2n) is 4.65. The van der Waals surface area contributed by atoms with Gasteiger partial charge in [0.2, 0.25) is 0 Å². The van der Waals surface area contributed by atoms with E-state index in [-0.39, 0.29) is 5.56 Å². The summed E-state index contributed by atoms with van der Waals surface area (Å²) in [5.74, 6) is 1.80. The molecule has 1 heterocycles. The molecule has 102 valence electrons. The number of nitriles is 1. The highest BCUT2D eigenvalue weighted by atomic mass is 16.5. The summed E-state index contributed by atoms with van der Waals surface area (Å²) in [5, 5.41) is 8.70. The molecule has 0 aromatic carbocycles. The summed E-state index contributed by atoms with van der Waals surface area (Å²) in [7, 11) is 1.63. The van der Waals surface area contributed by atoms with Gasteiger partial charge in [0.15, 0.2) is 0 Å². The molecular weight excluding hydrogens is 244 g/mol. The summed E-state index contributed by atoms with van der Waals surface area (Å²) in [6.45, 7) is 1.72. The van der Waals surface area contributed by atoms with Gasteiger partial charge < -0.3 is 14.6 Å². The van der Waals surface area contributed by atoms with Crippen molar-refractivity contribution >= 4 is 5.82 Å². The maximum atomic E-state index is 11.7. The fraction of sp³-hybridized carbons (Fsp3) is 0.615. The summed E-state index contributed by atoms with van der Waals surface area (Å²) in [6, 6.07) is 3.60. The Hall–Kier alpha value is -1.87. The summed E-state index contributed by atoms with van der Waals surface area (Å²) in [5.41, 5.74) is -0.133. The van der Waals surface area contributed by atoms with Crippen molar-refractivity contribution in [3.05, 3.63) is 22.2 Å². The average molecular weight is 262 g/mol. The van der Waals surface area contributed by atoms with Gasteiger partial charge in [0.05, 0.1) is 19.1 Å². The Morgan fingerprint density at radius 2 is 2.37 bits per heavy atom. The summed E-state index contributed by atoms with van der Waals surface area (Å²) in [4.78, 5) is 20.9. The van der Waals surface area contributed by atoms with Crippen molar-refractivity contribution in [1.82, 2.24) is 9.97 Å². The molecule has 0 saturated heterocycles. The van der Waals surface area contributed by atoms with Gasteiger partial charge in [-0.2, -0.15) is 5.26 Å². The van der Waals surface area contributed by atoms with Crippen molar-refractivity contribution in [2.24, 2.45) is 0 Å². The number of aromatic amines is 1. The van der Waals surface area contributed by atoms with Gasteiger partial charge in [-0.25, -0.2) is 4.98 Å². The molecule has 0 amide bonds. The third-order valence-corrected chi connectivity index (χ3v) is 3.09. The number of nitrogens with one attached hydrogen (secondary N) is 1. The van der Waals surface area contributed by atoms with Gasteiger partial charge >= 0.3 is 0 Å². The van der Waals surface area contributed by atoms with Crippen molar-refractivity contribution < 1.29 is 4.74 Å². The van der Waals surface area contributed by atoms with E-state index < -0.39 is 0 Å². The molecule has 1 aliphatic carbocycles. The third kappa shape index (κ3) is 3.80. The Morgan fingerprint density at radius 1 is 1.58 bits per heavy atom. The van der Waals surface area contributed by atoms with Crippen LogP contribution in [0.1, 0.15) is 31.0 Å². The topological polar surface area (TPSA) is 82.0 Å². The number of hydrogen-bond donors (Lipinski definition) is 1. The van der Waals surface area contributed by atoms with Crippen LogP contribution in [0, 0.1) is 11.3 Å². The standard InChI is InChI=1S/C13H18N4O2/c1-19-8-7-17(6-2-5-14)11-9-12(18)16-13(15-11)10-3-4-10/h9-10H,2-4,6-8H2,1H3,(H,15,16,18). The molecule has 6 heteroatoms. The minimum atomic E-state index is -0.133. The normalized spacial score (nSPS) is 14.1. The highest BCUT2D eigenvalue weighted by molar-refractivity contribution is 5.38. The Kier molecular flexibility index (Phi) is 4.53. The van der Waals surface area contributed by atoms with Crippen LogP contribution in [-0.2, 0) is 4.74 Å². The summed E-state index contributed by atoms with van der Waals surface area (Å²) in [6.07, 6.45) is 2.57. The van der Waals surface area contributed by atoms with E-state index in [0.717, 1.165) is 18.7 Å². The number of nitrogens with zero attached hydrogens (tertiary/aromatic N) is 3. The Bertz CT molecular complexity index is 516. The van der Waals surface area contributed by atoms with E-state index in [0.29, 0.717) is 37.9 Å². The molecule has 1 fully saturated rings. The number of aromatic nitrogens is 2. The van der Waals surface area contributed by atoms with Gasteiger partial charge in [0, 0.05) is 32.2 Å². The molecule has 0 atom stereocenters. The van der Waals surface area contributed by atoms with Crippen molar-refractivity contribution in [3.63, 3.8) is 0 Å². The molecule has 1 aliphatic rings. The molecule has 1 aromatic heterocycles. The molecule has 1 N–H and O–H groups in total.